The van der Waals surface area contributed by atoms with E-state index in [1.807, 2.05) is 0 Å². The maximum Gasteiger partial charge on any atom is 0.303 e. The summed E-state index contributed by atoms with van der Waals surface area (Å²) >= 11 is 0. The fourth-order valence-electron chi connectivity index (χ4n) is 1.86. The van der Waals surface area contributed by atoms with Crippen LogP contribution < -0.4 is 0 Å². The number of carbonyl (C=O) groups excluding carboxylic acids is 3. The lowest BCUT2D eigenvalue weighted by atomic mass is 10.00. The standard InChI is InChI=1S/C12H17FO8/c1-5(14)18-4-8-9(13)10(19-6(2)15)11(12(17)21-8)20-7(3)16/h8-12,17H,4H2,1-3H3/t8-,9+,10+,11-,12+/m1/s1. The van der Waals surface area contributed by atoms with Crippen LogP contribution in [0.4, 0.5) is 4.39 Å². The molecule has 0 aliphatic carbocycles. The summed E-state index contributed by atoms with van der Waals surface area (Å²) < 4.78 is 33.3. The molecule has 0 amide bonds. The molecule has 0 unspecified atom stereocenters. The van der Waals surface area contributed by atoms with Gasteiger partial charge < -0.3 is 24.1 Å². The Morgan fingerprint density at radius 1 is 1.05 bits per heavy atom. The third-order valence-electron chi connectivity index (χ3n) is 2.64. The molecule has 0 saturated carbocycles. The van der Waals surface area contributed by atoms with Crippen molar-refractivity contribution in [2.24, 2.45) is 0 Å². The van der Waals surface area contributed by atoms with Gasteiger partial charge >= 0.3 is 17.9 Å². The van der Waals surface area contributed by atoms with E-state index in [1.165, 1.54) is 0 Å². The first kappa shape index (κ1) is 17.3. The minimum absolute atomic E-state index is 0.474. The lowest BCUT2D eigenvalue weighted by Crippen LogP contribution is -2.59. The number of hydrogen-bond donors (Lipinski definition) is 1. The molecule has 21 heavy (non-hydrogen) atoms. The topological polar surface area (TPSA) is 108 Å². The fourth-order valence-corrected chi connectivity index (χ4v) is 1.86. The Morgan fingerprint density at radius 2 is 1.57 bits per heavy atom. The van der Waals surface area contributed by atoms with Gasteiger partial charge in [0.25, 0.3) is 0 Å². The van der Waals surface area contributed by atoms with Crippen molar-refractivity contribution in [3.63, 3.8) is 0 Å². The summed E-state index contributed by atoms with van der Waals surface area (Å²) in [7, 11) is 0. The molecule has 1 fully saturated rings. The van der Waals surface area contributed by atoms with Crippen LogP contribution in [0.3, 0.4) is 0 Å². The van der Waals surface area contributed by atoms with Crippen LogP contribution >= 0.6 is 0 Å². The number of aliphatic hydroxyl groups is 1. The lowest BCUT2D eigenvalue weighted by molar-refractivity contribution is -0.283. The monoisotopic (exact) mass is 308 g/mol. The van der Waals surface area contributed by atoms with Gasteiger partial charge in [0.2, 0.25) is 0 Å². The molecule has 9 heteroatoms. The number of ether oxygens (including phenoxy) is 4. The SMILES string of the molecule is CC(=O)OC[C@H]1O[C@H](O)[C@H](OC(C)=O)[C@@H](OC(C)=O)[C@H]1F. The molecule has 8 nitrogen and oxygen atoms in total. The normalized spacial score (nSPS) is 32.1. The Bertz CT molecular complexity index is 412. The van der Waals surface area contributed by atoms with Gasteiger partial charge in [-0.05, 0) is 0 Å². The van der Waals surface area contributed by atoms with E-state index >= 15 is 0 Å². The number of esters is 3. The Balaban J connectivity index is 2.87. The second kappa shape index (κ2) is 7.32. The molecule has 1 aliphatic rings. The molecule has 0 aromatic rings. The molecule has 0 aromatic heterocycles. The van der Waals surface area contributed by atoms with Gasteiger partial charge in [-0.25, -0.2) is 4.39 Å². The van der Waals surface area contributed by atoms with E-state index in [2.05, 4.69) is 4.74 Å². The zero-order chi connectivity index (χ0) is 16.2. The van der Waals surface area contributed by atoms with Gasteiger partial charge in [0.05, 0.1) is 0 Å². The summed E-state index contributed by atoms with van der Waals surface area (Å²) in [6.07, 6.45) is -8.07. The third kappa shape index (κ3) is 4.94. The summed E-state index contributed by atoms with van der Waals surface area (Å²) in [4.78, 5) is 32.7. The molecule has 0 aromatic carbocycles. The zero-order valence-corrected chi connectivity index (χ0v) is 11.8. The lowest BCUT2D eigenvalue weighted by Gasteiger charge is -2.39. The van der Waals surface area contributed by atoms with E-state index in [0.29, 0.717) is 0 Å². The Morgan fingerprint density at radius 3 is 2.05 bits per heavy atom. The molecule has 1 heterocycles. The first-order chi connectivity index (χ1) is 9.72. The summed E-state index contributed by atoms with van der Waals surface area (Å²) in [5.41, 5.74) is 0. The van der Waals surface area contributed by atoms with Crippen molar-refractivity contribution >= 4 is 17.9 Å². The van der Waals surface area contributed by atoms with E-state index in [9.17, 15) is 23.9 Å². The Kier molecular flexibility index (Phi) is 6.03. The summed E-state index contributed by atoms with van der Waals surface area (Å²) in [5, 5.41) is 9.76. The minimum atomic E-state index is -1.94. The van der Waals surface area contributed by atoms with Crippen LogP contribution in [0.2, 0.25) is 0 Å². The molecule has 5 atom stereocenters. The van der Waals surface area contributed by atoms with Crippen molar-refractivity contribution in [2.75, 3.05) is 6.61 Å². The zero-order valence-electron chi connectivity index (χ0n) is 11.8. The van der Waals surface area contributed by atoms with Gasteiger partial charge in [-0.3, -0.25) is 14.4 Å². The second-order valence-corrected chi connectivity index (χ2v) is 4.46. The van der Waals surface area contributed by atoms with E-state index in [1.54, 1.807) is 0 Å². The number of alkyl halides is 1. The Labute approximate surface area is 120 Å². The van der Waals surface area contributed by atoms with Crippen molar-refractivity contribution in [1.29, 1.82) is 0 Å². The molecular weight excluding hydrogens is 291 g/mol. The molecular formula is C12H17FO8. The largest absolute Gasteiger partial charge is 0.463 e. The molecule has 1 rings (SSSR count). The highest BCUT2D eigenvalue weighted by Gasteiger charge is 2.50. The van der Waals surface area contributed by atoms with Gasteiger partial charge in [-0.2, -0.15) is 0 Å². The van der Waals surface area contributed by atoms with Gasteiger partial charge in [0, 0.05) is 20.8 Å². The minimum Gasteiger partial charge on any atom is -0.463 e. The van der Waals surface area contributed by atoms with Crippen LogP contribution in [0.5, 0.6) is 0 Å². The summed E-state index contributed by atoms with van der Waals surface area (Å²) in [6.45, 7) is 2.74. The van der Waals surface area contributed by atoms with Crippen molar-refractivity contribution in [3.8, 4) is 0 Å². The third-order valence-corrected chi connectivity index (χ3v) is 2.64. The van der Waals surface area contributed by atoms with Crippen LogP contribution in [0.1, 0.15) is 20.8 Å². The number of carbonyl (C=O) groups is 3. The molecule has 1 N–H and O–H groups in total. The first-order valence-corrected chi connectivity index (χ1v) is 6.17. The Hall–Kier alpha value is -1.74. The highest BCUT2D eigenvalue weighted by molar-refractivity contribution is 5.67. The van der Waals surface area contributed by atoms with Gasteiger partial charge in [0.15, 0.2) is 24.7 Å². The second-order valence-electron chi connectivity index (χ2n) is 4.46. The maximum absolute atomic E-state index is 14.3. The average Bonchev–Trinajstić information content (AvgIpc) is 2.35. The summed E-state index contributed by atoms with van der Waals surface area (Å²) in [5.74, 6) is -2.28. The van der Waals surface area contributed by atoms with E-state index in [4.69, 9.17) is 14.2 Å². The quantitative estimate of drug-likeness (QED) is 0.545. The fraction of sp³-hybridized carbons (Fsp3) is 0.750. The number of hydrogen-bond acceptors (Lipinski definition) is 8. The highest BCUT2D eigenvalue weighted by Crippen LogP contribution is 2.27. The van der Waals surface area contributed by atoms with Crippen LogP contribution in [0, 0.1) is 0 Å². The predicted molar refractivity (Wildman–Crippen MR) is 63.5 cm³/mol. The van der Waals surface area contributed by atoms with E-state index < -0.39 is 55.3 Å². The number of rotatable bonds is 4. The van der Waals surface area contributed by atoms with Crippen LogP contribution in [-0.4, -0.2) is 60.4 Å². The van der Waals surface area contributed by atoms with Crippen molar-refractivity contribution in [1.82, 2.24) is 0 Å². The van der Waals surface area contributed by atoms with Gasteiger partial charge in [-0.15, -0.1) is 0 Å². The van der Waals surface area contributed by atoms with E-state index in [-0.39, 0.29) is 0 Å². The molecule has 0 bridgehead atoms. The van der Waals surface area contributed by atoms with Crippen molar-refractivity contribution < 1.29 is 42.8 Å². The molecule has 0 radical (unpaired) electrons. The number of aliphatic hydroxyl groups excluding tert-OH is 1. The average molecular weight is 308 g/mol. The highest BCUT2D eigenvalue weighted by atomic mass is 19.1. The van der Waals surface area contributed by atoms with Crippen LogP contribution in [0.15, 0.2) is 0 Å². The van der Waals surface area contributed by atoms with Crippen LogP contribution in [-0.2, 0) is 33.3 Å². The van der Waals surface area contributed by atoms with Gasteiger partial charge in [0.1, 0.15) is 12.7 Å². The first-order valence-electron chi connectivity index (χ1n) is 6.17. The molecule has 1 aliphatic heterocycles. The molecule has 0 spiro atoms. The number of halogens is 1. The smallest absolute Gasteiger partial charge is 0.303 e. The predicted octanol–water partition coefficient (Wildman–Crippen LogP) is -0.532. The van der Waals surface area contributed by atoms with Crippen molar-refractivity contribution in [2.45, 2.75) is 51.5 Å². The molecule has 1 saturated heterocycles. The summed E-state index contributed by atoms with van der Waals surface area (Å²) in [6, 6.07) is 0. The van der Waals surface area contributed by atoms with E-state index in [0.717, 1.165) is 20.8 Å². The van der Waals surface area contributed by atoms with Crippen molar-refractivity contribution in [3.05, 3.63) is 0 Å². The van der Waals surface area contributed by atoms with Gasteiger partial charge in [-0.1, -0.05) is 0 Å². The maximum atomic E-state index is 14.3. The van der Waals surface area contributed by atoms with Crippen LogP contribution in [0.25, 0.3) is 0 Å². The molecule has 120 valence electrons.